The van der Waals surface area contributed by atoms with E-state index in [0.29, 0.717) is 6.42 Å². The third-order valence-corrected chi connectivity index (χ3v) is 3.33. The second kappa shape index (κ2) is 8.92. The summed E-state index contributed by atoms with van der Waals surface area (Å²) in [5, 5.41) is 9.92. The van der Waals surface area contributed by atoms with Crippen molar-refractivity contribution in [3.8, 4) is 5.75 Å². The van der Waals surface area contributed by atoms with Crippen molar-refractivity contribution in [1.82, 2.24) is 0 Å². The Kier molecular flexibility index (Phi) is 7.49. The van der Waals surface area contributed by atoms with Crippen LogP contribution in [0.2, 0.25) is 0 Å². The zero-order valence-electron chi connectivity index (χ0n) is 12.0. The minimum Gasteiger partial charge on any atom is -0.494 e. The zero-order valence-corrected chi connectivity index (χ0v) is 12.0. The molecule has 1 unspecified atom stereocenters. The van der Waals surface area contributed by atoms with E-state index in [-0.39, 0.29) is 17.7 Å². The average Bonchev–Trinajstić information content (AvgIpc) is 2.39. The topological polar surface area (TPSA) is 29.5 Å². The van der Waals surface area contributed by atoms with E-state index in [1.165, 1.54) is 38.9 Å². The van der Waals surface area contributed by atoms with Crippen LogP contribution in [-0.4, -0.2) is 18.3 Å². The molecule has 0 saturated carbocycles. The predicted molar refractivity (Wildman–Crippen MR) is 76.0 cm³/mol. The Labute approximate surface area is 115 Å². The molecule has 0 saturated heterocycles. The average molecular weight is 268 g/mol. The Hall–Kier alpha value is -1.09. The van der Waals surface area contributed by atoms with Gasteiger partial charge in [0.25, 0.3) is 0 Å². The van der Waals surface area contributed by atoms with Crippen molar-refractivity contribution in [2.45, 2.75) is 58.0 Å². The molecular weight excluding hydrogens is 243 g/mol. The van der Waals surface area contributed by atoms with Gasteiger partial charge in [0.15, 0.2) is 11.6 Å². The van der Waals surface area contributed by atoms with Gasteiger partial charge in [0, 0.05) is 0 Å². The van der Waals surface area contributed by atoms with Crippen LogP contribution >= 0.6 is 0 Å². The Bertz CT molecular complexity index is 366. The quantitative estimate of drug-likeness (QED) is 0.683. The largest absolute Gasteiger partial charge is 0.494 e. The fourth-order valence-corrected chi connectivity index (χ4v) is 2.19. The van der Waals surface area contributed by atoms with Crippen LogP contribution in [0.15, 0.2) is 18.2 Å². The van der Waals surface area contributed by atoms with Gasteiger partial charge in [-0.1, -0.05) is 45.1 Å². The Balaban J connectivity index is 2.31. The number of hydrogen-bond donors (Lipinski definition) is 1. The molecule has 0 aliphatic heterocycles. The number of methoxy groups -OCH3 is 1. The second-order valence-electron chi connectivity index (χ2n) is 5.03. The first-order chi connectivity index (χ1) is 9.17. The van der Waals surface area contributed by atoms with Crippen molar-refractivity contribution in [3.63, 3.8) is 0 Å². The van der Waals surface area contributed by atoms with Crippen LogP contribution < -0.4 is 4.74 Å². The highest BCUT2D eigenvalue weighted by Crippen LogP contribution is 2.19. The molecule has 1 rings (SSSR count). The summed E-state index contributed by atoms with van der Waals surface area (Å²) in [6, 6.07) is 4.86. The van der Waals surface area contributed by atoms with E-state index in [1.54, 1.807) is 6.07 Å². The number of hydrogen-bond acceptors (Lipinski definition) is 2. The van der Waals surface area contributed by atoms with Crippen LogP contribution in [0.25, 0.3) is 0 Å². The molecule has 1 atom stereocenters. The third-order valence-electron chi connectivity index (χ3n) is 3.33. The van der Waals surface area contributed by atoms with Crippen LogP contribution in [0.5, 0.6) is 5.75 Å². The zero-order chi connectivity index (χ0) is 14.1. The van der Waals surface area contributed by atoms with Crippen molar-refractivity contribution in [3.05, 3.63) is 29.6 Å². The van der Waals surface area contributed by atoms with Crippen LogP contribution in [-0.2, 0) is 6.42 Å². The number of aliphatic hydroxyl groups is 1. The minimum atomic E-state index is -0.380. The van der Waals surface area contributed by atoms with Crippen LogP contribution in [0.1, 0.15) is 51.0 Å². The summed E-state index contributed by atoms with van der Waals surface area (Å²) in [5.74, 6) is -0.118. The molecule has 19 heavy (non-hydrogen) atoms. The maximum atomic E-state index is 13.5. The first-order valence-corrected chi connectivity index (χ1v) is 7.17. The molecule has 0 aliphatic carbocycles. The molecule has 1 aromatic rings. The third kappa shape index (κ3) is 6.06. The van der Waals surface area contributed by atoms with Gasteiger partial charge in [0.05, 0.1) is 13.2 Å². The van der Waals surface area contributed by atoms with Crippen molar-refractivity contribution >= 4 is 0 Å². The summed E-state index contributed by atoms with van der Waals surface area (Å²) in [6.45, 7) is 2.19. The fourth-order valence-electron chi connectivity index (χ4n) is 2.19. The fraction of sp³-hybridized carbons (Fsp3) is 0.625. The van der Waals surface area contributed by atoms with Crippen LogP contribution in [0, 0.1) is 5.82 Å². The maximum absolute atomic E-state index is 13.5. The number of ether oxygens (including phenoxy) is 1. The van der Waals surface area contributed by atoms with E-state index in [1.807, 2.05) is 6.07 Å². The molecule has 1 aromatic carbocycles. The van der Waals surface area contributed by atoms with Gasteiger partial charge in [0.2, 0.25) is 0 Å². The summed E-state index contributed by atoms with van der Waals surface area (Å²) in [7, 11) is 1.45. The molecule has 0 spiro atoms. The highest BCUT2D eigenvalue weighted by Gasteiger charge is 2.08. The van der Waals surface area contributed by atoms with Crippen LogP contribution in [0.4, 0.5) is 4.39 Å². The monoisotopic (exact) mass is 268 g/mol. The van der Waals surface area contributed by atoms with Gasteiger partial charge in [-0.05, 0) is 30.5 Å². The molecule has 1 N–H and O–H groups in total. The number of halogens is 1. The van der Waals surface area contributed by atoms with Gasteiger partial charge in [-0.2, -0.15) is 0 Å². The molecular formula is C16H25FO2. The minimum absolute atomic E-state index is 0.248. The van der Waals surface area contributed by atoms with Gasteiger partial charge < -0.3 is 9.84 Å². The SMILES string of the molecule is CCCCCCCC(O)Cc1ccc(OC)c(F)c1. The first kappa shape index (κ1) is 16.0. The number of aliphatic hydroxyl groups excluding tert-OH is 1. The molecule has 0 aliphatic rings. The molecule has 108 valence electrons. The van der Waals surface area contributed by atoms with E-state index >= 15 is 0 Å². The summed E-state index contributed by atoms with van der Waals surface area (Å²) in [6.07, 6.45) is 6.86. The van der Waals surface area contributed by atoms with E-state index in [4.69, 9.17) is 4.74 Å². The van der Waals surface area contributed by atoms with Crippen molar-refractivity contribution < 1.29 is 14.2 Å². The Morgan fingerprint density at radius 1 is 1.21 bits per heavy atom. The summed E-state index contributed by atoms with van der Waals surface area (Å²) < 4.78 is 18.4. The molecule has 0 radical (unpaired) electrons. The lowest BCUT2D eigenvalue weighted by atomic mass is 10.0. The van der Waals surface area contributed by atoms with Crippen molar-refractivity contribution in [2.24, 2.45) is 0 Å². The molecule has 0 heterocycles. The standard InChI is InChI=1S/C16H25FO2/c1-3-4-5-6-7-8-14(18)11-13-9-10-16(19-2)15(17)12-13/h9-10,12,14,18H,3-8,11H2,1-2H3. The Morgan fingerprint density at radius 3 is 2.58 bits per heavy atom. The highest BCUT2D eigenvalue weighted by atomic mass is 19.1. The van der Waals surface area contributed by atoms with Gasteiger partial charge in [-0.15, -0.1) is 0 Å². The summed E-state index contributed by atoms with van der Waals surface area (Å²) in [5.41, 5.74) is 0.819. The summed E-state index contributed by atoms with van der Waals surface area (Å²) in [4.78, 5) is 0. The lowest BCUT2D eigenvalue weighted by Crippen LogP contribution is -2.10. The normalized spacial score (nSPS) is 12.4. The second-order valence-corrected chi connectivity index (χ2v) is 5.03. The number of benzene rings is 1. The van der Waals surface area contributed by atoms with E-state index < -0.39 is 0 Å². The van der Waals surface area contributed by atoms with Gasteiger partial charge in [-0.3, -0.25) is 0 Å². The molecule has 0 aromatic heterocycles. The first-order valence-electron chi connectivity index (χ1n) is 7.17. The van der Waals surface area contributed by atoms with E-state index in [9.17, 15) is 9.50 Å². The smallest absolute Gasteiger partial charge is 0.165 e. The van der Waals surface area contributed by atoms with Gasteiger partial charge in [-0.25, -0.2) is 4.39 Å². The molecule has 2 nitrogen and oxygen atoms in total. The highest BCUT2D eigenvalue weighted by molar-refractivity contribution is 5.29. The van der Waals surface area contributed by atoms with Gasteiger partial charge >= 0.3 is 0 Å². The molecule has 3 heteroatoms. The van der Waals surface area contributed by atoms with Crippen LogP contribution in [0.3, 0.4) is 0 Å². The van der Waals surface area contributed by atoms with E-state index in [0.717, 1.165) is 18.4 Å². The number of rotatable bonds is 9. The summed E-state index contributed by atoms with van der Waals surface area (Å²) >= 11 is 0. The Morgan fingerprint density at radius 2 is 1.95 bits per heavy atom. The van der Waals surface area contributed by atoms with E-state index in [2.05, 4.69) is 6.92 Å². The maximum Gasteiger partial charge on any atom is 0.165 e. The number of unbranched alkanes of at least 4 members (excludes halogenated alkanes) is 4. The lowest BCUT2D eigenvalue weighted by molar-refractivity contribution is 0.160. The molecule has 0 bridgehead atoms. The molecule has 0 fully saturated rings. The lowest BCUT2D eigenvalue weighted by Gasteiger charge is -2.11. The van der Waals surface area contributed by atoms with Crippen molar-refractivity contribution in [2.75, 3.05) is 7.11 Å². The molecule has 0 amide bonds. The van der Waals surface area contributed by atoms with Crippen molar-refractivity contribution in [1.29, 1.82) is 0 Å². The predicted octanol–water partition coefficient (Wildman–Crippen LogP) is 4.10. The van der Waals surface area contributed by atoms with Gasteiger partial charge in [0.1, 0.15) is 0 Å².